The Morgan fingerprint density at radius 1 is 1.38 bits per heavy atom. The molecular formula is C16H16Cl2N4O4. The van der Waals surface area contributed by atoms with Crippen molar-refractivity contribution in [3.05, 3.63) is 45.8 Å². The minimum absolute atomic E-state index is 0.0561. The lowest BCUT2D eigenvalue weighted by Gasteiger charge is -2.13. The molecule has 0 bridgehead atoms. The Balaban J connectivity index is 1.54. The number of carbonyl (C=O) groups excluding carboxylic acids is 2. The number of likely N-dealkylation sites (tertiary alicyclic amines) is 1. The van der Waals surface area contributed by atoms with Crippen molar-refractivity contribution in [2.24, 2.45) is 5.73 Å². The van der Waals surface area contributed by atoms with Gasteiger partial charge in [0.05, 0.1) is 5.02 Å². The first-order chi connectivity index (χ1) is 12.4. The molecule has 0 aliphatic carbocycles. The number of nitrogens with zero attached hydrogens (tertiary/aromatic N) is 2. The van der Waals surface area contributed by atoms with Crippen LogP contribution in [0.25, 0.3) is 0 Å². The number of rotatable bonds is 5. The zero-order valence-electron chi connectivity index (χ0n) is 13.6. The summed E-state index contributed by atoms with van der Waals surface area (Å²) in [5.74, 6) is 0.420. The topological polar surface area (TPSA) is 111 Å². The van der Waals surface area contributed by atoms with Crippen LogP contribution < -0.4 is 15.8 Å². The summed E-state index contributed by atoms with van der Waals surface area (Å²) in [6.07, 6.45) is 0.636. The second-order valence-electron chi connectivity index (χ2n) is 5.79. The Morgan fingerprint density at radius 3 is 2.88 bits per heavy atom. The Hall–Kier alpha value is -2.45. The van der Waals surface area contributed by atoms with E-state index in [1.165, 1.54) is 11.0 Å². The highest BCUT2D eigenvalue weighted by atomic mass is 35.5. The third-order valence-electron chi connectivity index (χ3n) is 3.89. The van der Waals surface area contributed by atoms with E-state index in [0.717, 1.165) is 0 Å². The highest BCUT2D eigenvalue weighted by Gasteiger charge is 2.27. The van der Waals surface area contributed by atoms with E-state index in [9.17, 15) is 9.59 Å². The first kappa shape index (κ1) is 18.3. The van der Waals surface area contributed by atoms with Crippen LogP contribution in [-0.4, -0.2) is 41.1 Å². The van der Waals surface area contributed by atoms with E-state index in [2.05, 4.69) is 10.5 Å². The second-order valence-corrected chi connectivity index (χ2v) is 6.63. The maximum absolute atomic E-state index is 12.2. The molecule has 138 valence electrons. The van der Waals surface area contributed by atoms with Gasteiger partial charge in [0, 0.05) is 30.2 Å². The molecule has 1 aromatic heterocycles. The van der Waals surface area contributed by atoms with Crippen molar-refractivity contribution in [1.82, 2.24) is 15.4 Å². The minimum Gasteiger partial charge on any atom is -0.484 e. The standard InChI is InChI=1S/C16H16Cl2N4O4/c17-9-1-2-14(12(18)5-9)25-8-11-6-13(21-26-11)15(23)20-10-3-4-22(7-10)16(19)24/h1-2,5-6,10H,3-4,7-8H2,(H2,19,24)(H,20,23). The summed E-state index contributed by atoms with van der Waals surface area (Å²) in [6, 6.07) is 5.68. The zero-order chi connectivity index (χ0) is 18.7. The highest BCUT2D eigenvalue weighted by Crippen LogP contribution is 2.28. The van der Waals surface area contributed by atoms with Gasteiger partial charge in [0.2, 0.25) is 0 Å². The van der Waals surface area contributed by atoms with Crippen LogP contribution in [0.3, 0.4) is 0 Å². The van der Waals surface area contributed by atoms with E-state index < -0.39 is 6.03 Å². The van der Waals surface area contributed by atoms with Crippen LogP contribution in [0.15, 0.2) is 28.8 Å². The van der Waals surface area contributed by atoms with Crippen LogP contribution in [0, 0.1) is 0 Å². The van der Waals surface area contributed by atoms with Gasteiger partial charge >= 0.3 is 6.03 Å². The van der Waals surface area contributed by atoms with E-state index >= 15 is 0 Å². The van der Waals surface area contributed by atoms with E-state index in [1.54, 1.807) is 18.2 Å². The summed E-state index contributed by atoms with van der Waals surface area (Å²) in [6.45, 7) is 0.949. The van der Waals surface area contributed by atoms with Crippen molar-refractivity contribution in [3.8, 4) is 5.75 Å². The Morgan fingerprint density at radius 2 is 2.19 bits per heavy atom. The number of hydrogen-bond acceptors (Lipinski definition) is 5. The lowest BCUT2D eigenvalue weighted by Crippen LogP contribution is -2.40. The number of halogens is 2. The molecule has 1 saturated heterocycles. The van der Waals surface area contributed by atoms with Gasteiger partial charge in [-0.1, -0.05) is 28.4 Å². The van der Waals surface area contributed by atoms with Gasteiger partial charge in [-0.25, -0.2) is 4.79 Å². The minimum atomic E-state index is -0.497. The fourth-order valence-electron chi connectivity index (χ4n) is 2.57. The molecule has 26 heavy (non-hydrogen) atoms. The molecule has 0 radical (unpaired) electrons. The SMILES string of the molecule is NC(=O)N1CCC(NC(=O)c2cc(COc3ccc(Cl)cc3Cl)on2)C1. The molecule has 3 rings (SSSR count). The maximum atomic E-state index is 12.2. The van der Waals surface area contributed by atoms with Gasteiger partial charge in [-0.15, -0.1) is 0 Å². The van der Waals surface area contributed by atoms with Crippen LogP contribution in [0.1, 0.15) is 22.7 Å². The largest absolute Gasteiger partial charge is 0.484 e. The lowest BCUT2D eigenvalue weighted by molar-refractivity contribution is 0.0928. The number of ether oxygens (including phenoxy) is 1. The summed E-state index contributed by atoms with van der Waals surface area (Å²) in [5.41, 5.74) is 5.35. The number of primary amides is 1. The molecule has 10 heteroatoms. The summed E-state index contributed by atoms with van der Waals surface area (Å²) in [7, 11) is 0. The van der Waals surface area contributed by atoms with Crippen molar-refractivity contribution in [2.45, 2.75) is 19.1 Å². The number of aromatic nitrogens is 1. The molecule has 1 aromatic carbocycles. The molecule has 2 aromatic rings. The molecule has 0 saturated carbocycles. The molecule has 3 N–H and O–H groups in total. The average Bonchev–Trinajstić information content (AvgIpc) is 3.23. The van der Waals surface area contributed by atoms with Crippen molar-refractivity contribution in [3.63, 3.8) is 0 Å². The Bertz CT molecular complexity index is 826. The van der Waals surface area contributed by atoms with Gasteiger partial charge in [0.1, 0.15) is 12.4 Å². The summed E-state index contributed by atoms with van der Waals surface area (Å²) < 4.78 is 10.6. The molecule has 1 atom stereocenters. The van der Waals surface area contributed by atoms with E-state index in [4.69, 9.17) is 38.2 Å². The number of benzene rings is 1. The summed E-state index contributed by atoms with van der Waals surface area (Å²) in [4.78, 5) is 24.8. The zero-order valence-corrected chi connectivity index (χ0v) is 15.1. The van der Waals surface area contributed by atoms with Crippen LogP contribution in [0.4, 0.5) is 4.79 Å². The van der Waals surface area contributed by atoms with Crippen molar-refractivity contribution >= 4 is 35.1 Å². The molecule has 1 aliphatic heterocycles. The normalized spacial score (nSPS) is 16.5. The highest BCUT2D eigenvalue weighted by molar-refractivity contribution is 6.35. The van der Waals surface area contributed by atoms with E-state index in [-0.39, 0.29) is 24.2 Å². The predicted molar refractivity (Wildman–Crippen MR) is 94.3 cm³/mol. The molecule has 1 aliphatic rings. The molecule has 1 fully saturated rings. The maximum Gasteiger partial charge on any atom is 0.314 e. The summed E-state index contributed by atoms with van der Waals surface area (Å²) in [5, 5.41) is 7.40. The lowest BCUT2D eigenvalue weighted by atomic mass is 10.2. The first-order valence-electron chi connectivity index (χ1n) is 7.81. The van der Waals surface area contributed by atoms with Gasteiger partial charge in [0.15, 0.2) is 11.5 Å². The third-order valence-corrected chi connectivity index (χ3v) is 4.42. The van der Waals surface area contributed by atoms with Crippen LogP contribution >= 0.6 is 23.2 Å². The number of amides is 3. The smallest absolute Gasteiger partial charge is 0.314 e. The van der Waals surface area contributed by atoms with Crippen LogP contribution in [0.2, 0.25) is 10.0 Å². The average molecular weight is 399 g/mol. The third kappa shape index (κ3) is 4.39. The van der Waals surface area contributed by atoms with Gasteiger partial charge < -0.3 is 25.2 Å². The van der Waals surface area contributed by atoms with Gasteiger partial charge in [-0.3, -0.25) is 4.79 Å². The van der Waals surface area contributed by atoms with Crippen LogP contribution in [0.5, 0.6) is 5.75 Å². The summed E-state index contributed by atoms with van der Waals surface area (Å²) >= 11 is 11.9. The van der Waals surface area contributed by atoms with Gasteiger partial charge in [-0.05, 0) is 24.6 Å². The molecule has 3 amide bonds. The molecule has 8 nitrogen and oxygen atoms in total. The van der Waals surface area contributed by atoms with E-state index in [0.29, 0.717) is 41.1 Å². The number of urea groups is 1. The Kier molecular flexibility index (Phi) is 5.53. The Labute approximate surface area is 159 Å². The number of hydrogen-bond donors (Lipinski definition) is 2. The molecule has 0 spiro atoms. The fraction of sp³-hybridized carbons (Fsp3) is 0.312. The van der Waals surface area contributed by atoms with Crippen molar-refractivity contribution in [1.29, 1.82) is 0 Å². The number of nitrogens with one attached hydrogen (secondary N) is 1. The fourth-order valence-corrected chi connectivity index (χ4v) is 3.03. The first-order valence-corrected chi connectivity index (χ1v) is 8.56. The monoisotopic (exact) mass is 398 g/mol. The second kappa shape index (κ2) is 7.84. The predicted octanol–water partition coefficient (Wildman–Crippen LogP) is 2.44. The van der Waals surface area contributed by atoms with Crippen molar-refractivity contribution < 1.29 is 18.8 Å². The van der Waals surface area contributed by atoms with Crippen molar-refractivity contribution in [2.75, 3.05) is 13.1 Å². The quantitative estimate of drug-likeness (QED) is 0.803. The van der Waals surface area contributed by atoms with E-state index in [1.807, 2.05) is 0 Å². The number of nitrogens with two attached hydrogens (primary N) is 1. The number of carbonyl (C=O) groups is 2. The van der Waals surface area contributed by atoms with Gasteiger partial charge in [-0.2, -0.15) is 0 Å². The molecular weight excluding hydrogens is 383 g/mol. The van der Waals surface area contributed by atoms with Crippen LogP contribution in [-0.2, 0) is 6.61 Å². The van der Waals surface area contributed by atoms with Gasteiger partial charge in [0.25, 0.3) is 5.91 Å². The molecule has 2 heterocycles. The molecule has 1 unspecified atom stereocenters.